The summed E-state index contributed by atoms with van der Waals surface area (Å²) in [4.78, 5) is 14.7. The zero-order valence-corrected chi connectivity index (χ0v) is 19.7. The van der Waals surface area contributed by atoms with E-state index in [1.807, 2.05) is 12.1 Å². The summed E-state index contributed by atoms with van der Waals surface area (Å²) in [6, 6.07) is 14.5. The molecule has 2 aromatic carbocycles. The number of ether oxygens (including phenoxy) is 1. The van der Waals surface area contributed by atoms with Crippen molar-refractivity contribution >= 4 is 40.4 Å². The fourth-order valence-electron chi connectivity index (χ4n) is 3.82. The Morgan fingerprint density at radius 2 is 2.16 bits per heavy atom. The summed E-state index contributed by atoms with van der Waals surface area (Å²) >= 11 is 2.08. The van der Waals surface area contributed by atoms with Crippen molar-refractivity contribution in [3.05, 3.63) is 74.6 Å². The van der Waals surface area contributed by atoms with Gasteiger partial charge in [0.15, 0.2) is 5.69 Å². The van der Waals surface area contributed by atoms with Crippen LogP contribution in [-0.2, 0) is 20.0 Å². The molecule has 0 fully saturated rings. The van der Waals surface area contributed by atoms with Crippen molar-refractivity contribution in [2.24, 2.45) is 12.1 Å². The van der Waals surface area contributed by atoms with Crippen molar-refractivity contribution in [1.29, 1.82) is 0 Å². The number of carbonyl (C=O) groups excluding carboxylic acids is 1. The molecule has 2 heterocycles. The number of hydrogen-bond acceptors (Lipinski definition) is 5. The molecule has 1 N–H and O–H groups in total. The van der Waals surface area contributed by atoms with Crippen LogP contribution in [0.25, 0.3) is 0 Å². The summed E-state index contributed by atoms with van der Waals surface area (Å²) in [5.74, 6) is 0.507. The third-order valence-electron chi connectivity index (χ3n) is 5.25. The van der Waals surface area contributed by atoms with Gasteiger partial charge in [0, 0.05) is 37.6 Å². The van der Waals surface area contributed by atoms with Crippen LogP contribution >= 0.6 is 22.6 Å². The number of aromatic nitrogens is 2. The van der Waals surface area contributed by atoms with E-state index < -0.39 is 0 Å². The summed E-state index contributed by atoms with van der Waals surface area (Å²) in [6.07, 6.45) is 5.68. The molecule has 0 saturated carbocycles. The Hall–Kier alpha value is -2.88. The summed E-state index contributed by atoms with van der Waals surface area (Å²) in [7, 11) is 3.47. The zero-order valence-electron chi connectivity index (χ0n) is 17.5. The van der Waals surface area contributed by atoms with Gasteiger partial charge in [0.05, 0.1) is 16.9 Å². The minimum atomic E-state index is -0.333. The van der Waals surface area contributed by atoms with Crippen LogP contribution in [-0.4, -0.2) is 35.6 Å². The van der Waals surface area contributed by atoms with E-state index in [-0.39, 0.29) is 5.91 Å². The van der Waals surface area contributed by atoms with Gasteiger partial charge in [-0.05, 0) is 70.8 Å². The van der Waals surface area contributed by atoms with E-state index in [0.717, 1.165) is 46.4 Å². The van der Waals surface area contributed by atoms with E-state index in [1.165, 1.54) is 11.3 Å². The minimum Gasteiger partial charge on any atom is -0.496 e. The predicted molar refractivity (Wildman–Crippen MR) is 130 cm³/mol. The predicted octanol–water partition coefficient (Wildman–Crippen LogP) is 3.75. The molecule has 3 aromatic rings. The minimum absolute atomic E-state index is 0.333. The number of amides is 1. The number of benzene rings is 2. The number of methoxy groups -OCH3 is 1. The van der Waals surface area contributed by atoms with E-state index in [9.17, 15) is 4.79 Å². The highest BCUT2D eigenvalue weighted by molar-refractivity contribution is 14.1. The number of hydrogen-bond donors (Lipinski definition) is 1. The first-order valence-corrected chi connectivity index (χ1v) is 11.2. The van der Waals surface area contributed by atoms with Gasteiger partial charge in [-0.2, -0.15) is 10.2 Å². The van der Waals surface area contributed by atoms with Crippen molar-refractivity contribution in [2.75, 3.05) is 18.6 Å². The van der Waals surface area contributed by atoms with Gasteiger partial charge in [-0.3, -0.25) is 9.48 Å². The Bertz CT molecular complexity index is 1120. The summed E-state index contributed by atoms with van der Waals surface area (Å²) in [5.41, 5.74) is 7.55. The molecule has 160 valence electrons. The topological polar surface area (TPSA) is 71.7 Å². The van der Waals surface area contributed by atoms with Gasteiger partial charge < -0.3 is 9.64 Å². The van der Waals surface area contributed by atoms with Crippen LogP contribution in [0.15, 0.2) is 53.8 Å². The molecule has 0 unspecified atom stereocenters. The molecule has 0 radical (unpaired) electrons. The molecule has 31 heavy (non-hydrogen) atoms. The van der Waals surface area contributed by atoms with Crippen LogP contribution in [0.2, 0.25) is 0 Å². The van der Waals surface area contributed by atoms with Gasteiger partial charge in [0.25, 0.3) is 5.91 Å². The molecule has 4 rings (SSSR count). The molecular formula is C23H24IN5O2. The van der Waals surface area contributed by atoms with Crippen LogP contribution in [0, 0.1) is 3.57 Å². The Morgan fingerprint density at radius 1 is 1.32 bits per heavy atom. The number of nitrogens with one attached hydrogen (secondary N) is 1. The maximum Gasteiger partial charge on any atom is 0.292 e. The van der Waals surface area contributed by atoms with Crippen molar-refractivity contribution in [3.63, 3.8) is 0 Å². The molecule has 0 atom stereocenters. The summed E-state index contributed by atoms with van der Waals surface area (Å²) < 4.78 is 7.98. The number of nitrogens with zero attached hydrogens (tertiary/aromatic N) is 4. The molecular weight excluding hydrogens is 505 g/mol. The van der Waals surface area contributed by atoms with Gasteiger partial charge in [-0.1, -0.05) is 18.2 Å². The lowest BCUT2D eigenvalue weighted by molar-refractivity contribution is 0.0948. The molecule has 0 saturated heterocycles. The lowest BCUT2D eigenvalue weighted by Crippen LogP contribution is -2.29. The van der Waals surface area contributed by atoms with E-state index in [0.29, 0.717) is 5.69 Å². The van der Waals surface area contributed by atoms with E-state index in [1.54, 1.807) is 31.3 Å². The second-order valence-electron chi connectivity index (χ2n) is 7.42. The Labute approximate surface area is 195 Å². The molecule has 1 aliphatic heterocycles. The molecule has 8 heteroatoms. The van der Waals surface area contributed by atoms with Crippen molar-refractivity contribution < 1.29 is 9.53 Å². The fraction of sp³-hybridized carbons (Fsp3) is 0.261. The average Bonchev–Trinajstić information content (AvgIpc) is 3.12. The number of fused-ring (bicyclic) bond motifs is 1. The van der Waals surface area contributed by atoms with Crippen LogP contribution in [0.4, 0.5) is 5.69 Å². The number of halogens is 1. The summed E-state index contributed by atoms with van der Waals surface area (Å²) in [6.45, 7) is 1.76. The first kappa shape index (κ1) is 21.4. The second kappa shape index (κ2) is 9.51. The molecule has 0 spiro atoms. The number of anilines is 1. The van der Waals surface area contributed by atoms with Gasteiger partial charge in [0.2, 0.25) is 0 Å². The third-order valence-corrected chi connectivity index (χ3v) is 6.04. The monoisotopic (exact) mass is 529 g/mol. The molecule has 1 aliphatic rings. The third kappa shape index (κ3) is 4.90. The van der Waals surface area contributed by atoms with Gasteiger partial charge in [-0.15, -0.1) is 0 Å². The molecule has 7 nitrogen and oxygen atoms in total. The van der Waals surface area contributed by atoms with Crippen LogP contribution in [0.3, 0.4) is 0 Å². The normalized spacial score (nSPS) is 13.3. The van der Waals surface area contributed by atoms with Crippen molar-refractivity contribution in [3.8, 4) is 5.75 Å². The maximum absolute atomic E-state index is 12.3. The Kier molecular flexibility index (Phi) is 6.55. The highest BCUT2D eigenvalue weighted by atomic mass is 127. The first-order valence-electron chi connectivity index (χ1n) is 10.1. The Balaban J connectivity index is 1.50. The van der Waals surface area contributed by atoms with E-state index >= 15 is 0 Å². The number of aryl methyl sites for hydroxylation is 2. The molecule has 1 amide bonds. The number of para-hydroxylation sites is 1. The van der Waals surface area contributed by atoms with Crippen LogP contribution in [0.5, 0.6) is 5.75 Å². The Morgan fingerprint density at radius 3 is 2.94 bits per heavy atom. The number of rotatable bonds is 6. The first-order chi connectivity index (χ1) is 15.0. The fourth-order valence-corrected chi connectivity index (χ4v) is 4.57. The van der Waals surface area contributed by atoms with E-state index in [4.69, 9.17) is 4.74 Å². The lowest BCUT2D eigenvalue weighted by Gasteiger charge is -2.31. The number of hydrazone groups is 1. The SMILES string of the molecule is COc1ccc(/C=N\NC(=O)c2nn(C)cc2I)cc1CN1CCCc2ccccc21. The maximum atomic E-state index is 12.3. The smallest absolute Gasteiger partial charge is 0.292 e. The van der Waals surface area contributed by atoms with Crippen LogP contribution in [0.1, 0.15) is 33.6 Å². The zero-order chi connectivity index (χ0) is 21.8. The number of carbonyl (C=O) groups is 1. The van der Waals surface area contributed by atoms with Gasteiger partial charge >= 0.3 is 0 Å². The molecule has 0 aliphatic carbocycles. The summed E-state index contributed by atoms with van der Waals surface area (Å²) in [5, 5.41) is 8.27. The highest BCUT2D eigenvalue weighted by Gasteiger charge is 2.18. The molecule has 1 aromatic heterocycles. The van der Waals surface area contributed by atoms with Crippen molar-refractivity contribution in [1.82, 2.24) is 15.2 Å². The lowest BCUT2D eigenvalue weighted by atomic mass is 10.0. The average molecular weight is 529 g/mol. The highest BCUT2D eigenvalue weighted by Crippen LogP contribution is 2.30. The standard InChI is InChI=1S/C23H24IN5O2/c1-28-15-19(24)22(27-28)23(30)26-25-13-16-9-10-21(31-2)18(12-16)14-29-11-5-7-17-6-3-4-8-20(17)29/h3-4,6,8-10,12-13,15H,5,7,11,14H2,1-2H3,(H,26,30)/b25-13-. The van der Waals surface area contributed by atoms with Crippen molar-refractivity contribution in [2.45, 2.75) is 19.4 Å². The van der Waals surface area contributed by atoms with Gasteiger partial charge in [-0.25, -0.2) is 5.43 Å². The second-order valence-corrected chi connectivity index (χ2v) is 8.59. The largest absolute Gasteiger partial charge is 0.496 e. The van der Waals surface area contributed by atoms with Gasteiger partial charge in [0.1, 0.15) is 5.75 Å². The van der Waals surface area contributed by atoms with Crippen LogP contribution < -0.4 is 15.1 Å². The van der Waals surface area contributed by atoms with E-state index in [2.05, 4.69) is 73.4 Å². The molecule has 0 bridgehead atoms. The quantitative estimate of drug-likeness (QED) is 0.300.